The first-order chi connectivity index (χ1) is 8.61. The molecule has 1 aliphatic rings. The fraction of sp³-hybridized carbons (Fsp3) is 0.417. The van der Waals surface area contributed by atoms with Gasteiger partial charge in [-0.3, -0.25) is 4.79 Å². The molecule has 1 fully saturated rings. The van der Waals surface area contributed by atoms with E-state index in [4.69, 9.17) is 0 Å². The largest absolute Gasteiger partial charge is 0.505 e. The van der Waals surface area contributed by atoms with Gasteiger partial charge in [0.1, 0.15) is 11.4 Å². The lowest BCUT2D eigenvalue weighted by Crippen LogP contribution is -2.27. The Labute approximate surface area is 104 Å². The van der Waals surface area contributed by atoms with E-state index in [2.05, 4.69) is 15.0 Å². The maximum absolute atomic E-state index is 11.7. The highest BCUT2D eigenvalue weighted by atomic mass is 16.5. The normalized spacial score (nSPS) is 14.1. The second kappa shape index (κ2) is 5.03. The zero-order valence-electron chi connectivity index (χ0n) is 9.97. The number of nitrogens with one attached hydrogen (secondary N) is 1. The van der Waals surface area contributed by atoms with Crippen LogP contribution in [0.4, 0.5) is 0 Å². The van der Waals surface area contributed by atoms with E-state index in [9.17, 15) is 14.7 Å². The van der Waals surface area contributed by atoms with Crippen molar-refractivity contribution in [3.63, 3.8) is 0 Å². The minimum absolute atomic E-state index is 0.0915. The van der Waals surface area contributed by atoms with Crippen molar-refractivity contribution in [2.75, 3.05) is 13.7 Å². The topological polar surface area (TPSA) is 88.5 Å². The van der Waals surface area contributed by atoms with Crippen LogP contribution in [-0.4, -0.2) is 35.6 Å². The molecule has 6 heteroatoms. The molecule has 0 unspecified atom stereocenters. The van der Waals surface area contributed by atoms with Crippen molar-refractivity contribution < 1.29 is 19.4 Å². The Morgan fingerprint density at radius 1 is 1.50 bits per heavy atom. The van der Waals surface area contributed by atoms with Crippen molar-refractivity contribution >= 4 is 11.9 Å². The third kappa shape index (κ3) is 2.77. The molecule has 18 heavy (non-hydrogen) atoms. The van der Waals surface area contributed by atoms with Gasteiger partial charge in [0.05, 0.1) is 7.11 Å². The smallest absolute Gasteiger partial charge is 0.360 e. The molecule has 1 saturated carbocycles. The van der Waals surface area contributed by atoms with Crippen LogP contribution in [0.1, 0.15) is 33.8 Å². The number of carbonyl (C=O) groups is 2. The van der Waals surface area contributed by atoms with Gasteiger partial charge >= 0.3 is 5.97 Å². The van der Waals surface area contributed by atoms with Gasteiger partial charge in [-0.05, 0) is 30.9 Å². The molecule has 1 heterocycles. The number of ether oxygens (including phenoxy) is 1. The summed E-state index contributed by atoms with van der Waals surface area (Å²) in [5.41, 5.74) is -0.162. The summed E-state index contributed by atoms with van der Waals surface area (Å²) in [6, 6.07) is 2.62. The van der Waals surface area contributed by atoms with Gasteiger partial charge in [-0.2, -0.15) is 0 Å². The molecule has 96 valence electrons. The summed E-state index contributed by atoms with van der Waals surface area (Å²) in [4.78, 5) is 26.9. The van der Waals surface area contributed by atoms with E-state index in [0.717, 1.165) is 12.8 Å². The fourth-order valence-corrected chi connectivity index (χ4v) is 1.47. The quantitative estimate of drug-likeness (QED) is 0.768. The average molecular weight is 250 g/mol. The van der Waals surface area contributed by atoms with Gasteiger partial charge in [0.25, 0.3) is 5.91 Å². The highest BCUT2D eigenvalue weighted by Gasteiger charge is 2.23. The van der Waals surface area contributed by atoms with E-state index in [1.807, 2.05) is 0 Å². The summed E-state index contributed by atoms with van der Waals surface area (Å²) in [5.74, 6) is -0.872. The van der Waals surface area contributed by atoms with Crippen molar-refractivity contribution in [2.45, 2.75) is 12.8 Å². The number of esters is 1. The summed E-state index contributed by atoms with van der Waals surface area (Å²) in [6.45, 7) is 0.620. The van der Waals surface area contributed by atoms with Gasteiger partial charge in [0, 0.05) is 6.54 Å². The lowest BCUT2D eigenvalue weighted by Gasteiger charge is -2.06. The Morgan fingerprint density at radius 3 is 2.83 bits per heavy atom. The Balaban J connectivity index is 2.11. The van der Waals surface area contributed by atoms with Gasteiger partial charge in [-0.25, -0.2) is 9.78 Å². The molecule has 0 spiro atoms. The average Bonchev–Trinajstić information content (AvgIpc) is 3.19. The molecular formula is C12H14N2O4. The molecular weight excluding hydrogens is 236 g/mol. The summed E-state index contributed by atoms with van der Waals surface area (Å²) in [5, 5.41) is 12.2. The zero-order valence-corrected chi connectivity index (χ0v) is 9.97. The number of pyridine rings is 1. The van der Waals surface area contributed by atoms with Gasteiger partial charge in [-0.15, -0.1) is 0 Å². The van der Waals surface area contributed by atoms with Crippen LogP contribution in [-0.2, 0) is 4.74 Å². The zero-order chi connectivity index (χ0) is 13.1. The molecule has 0 bridgehead atoms. The van der Waals surface area contributed by atoms with Gasteiger partial charge in [-0.1, -0.05) is 0 Å². The number of carbonyl (C=O) groups excluding carboxylic acids is 2. The van der Waals surface area contributed by atoms with Crippen molar-refractivity contribution in [1.82, 2.24) is 10.3 Å². The second-order valence-corrected chi connectivity index (χ2v) is 4.21. The monoisotopic (exact) mass is 250 g/mol. The number of nitrogens with zero attached hydrogens (tertiary/aromatic N) is 1. The molecule has 1 aliphatic carbocycles. The van der Waals surface area contributed by atoms with E-state index >= 15 is 0 Å². The first kappa shape index (κ1) is 12.3. The van der Waals surface area contributed by atoms with Crippen molar-refractivity contribution in [3.05, 3.63) is 23.5 Å². The van der Waals surface area contributed by atoms with E-state index in [0.29, 0.717) is 12.5 Å². The maximum Gasteiger partial charge on any atom is 0.360 e. The lowest BCUT2D eigenvalue weighted by molar-refractivity contribution is 0.0590. The number of aromatic nitrogens is 1. The fourth-order valence-electron chi connectivity index (χ4n) is 1.47. The van der Waals surface area contributed by atoms with Crippen LogP contribution in [0.15, 0.2) is 12.1 Å². The highest BCUT2D eigenvalue weighted by Crippen LogP contribution is 2.27. The molecule has 2 rings (SSSR count). The molecule has 0 atom stereocenters. The molecule has 0 radical (unpaired) electrons. The Kier molecular flexibility index (Phi) is 3.45. The lowest BCUT2D eigenvalue weighted by atomic mass is 10.2. The van der Waals surface area contributed by atoms with Crippen LogP contribution < -0.4 is 5.32 Å². The first-order valence-electron chi connectivity index (χ1n) is 5.68. The van der Waals surface area contributed by atoms with Crippen LogP contribution in [0.5, 0.6) is 5.75 Å². The third-order valence-corrected chi connectivity index (χ3v) is 2.73. The first-order valence-corrected chi connectivity index (χ1v) is 5.68. The van der Waals surface area contributed by atoms with Gasteiger partial charge in [0.15, 0.2) is 5.69 Å². The molecule has 0 aromatic carbocycles. The molecule has 0 saturated heterocycles. The second-order valence-electron chi connectivity index (χ2n) is 4.21. The molecule has 6 nitrogen and oxygen atoms in total. The predicted octanol–water partition coefficient (Wildman–Crippen LogP) is 0.714. The van der Waals surface area contributed by atoms with Crippen LogP contribution in [0.2, 0.25) is 0 Å². The molecule has 0 aliphatic heterocycles. The van der Waals surface area contributed by atoms with Crippen LogP contribution in [0.3, 0.4) is 0 Å². The number of aromatic hydroxyl groups is 1. The van der Waals surface area contributed by atoms with Gasteiger partial charge in [0.2, 0.25) is 0 Å². The van der Waals surface area contributed by atoms with Crippen LogP contribution >= 0.6 is 0 Å². The van der Waals surface area contributed by atoms with Gasteiger partial charge < -0.3 is 15.2 Å². The standard InChI is InChI=1S/C12H14N2O4/c1-18-12(17)10-9(15)5-4-8(14-10)11(16)13-6-7-2-3-7/h4-5,7,15H,2-3,6H2,1H3,(H,13,16). The number of hydrogen-bond donors (Lipinski definition) is 2. The number of amides is 1. The Hall–Kier alpha value is -2.11. The third-order valence-electron chi connectivity index (χ3n) is 2.73. The Bertz CT molecular complexity index is 483. The number of methoxy groups -OCH3 is 1. The summed E-state index contributed by atoms with van der Waals surface area (Å²) in [6.07, 6.45) is 2.27. The number of hydrogen-bond acceptors (Lipinski definition) is 5. The molecule has 1 aromatic rings. The van der Waals surface area contributed by atoms with Crippen molar-refractivity contribution in [1.29, 1.82) is 0 Å². The summed E-state index contributed by atoms with van der Waals surface area (Å²) < 4.78 is 4.47. The SMILES string of the molecule is COC(=O)c1nc(C(=O)NCC2CC2)ccc1O. The minimum Gasteiger partial charge on any atom is -0.505 e. The highest BCUT2D eigenvalue weighted by molar-refractivity contribution is 5.95. The van der Waals surface area contributed by atoms with E-state index in [1.165, 1.54) is 19.2 Å². The van der Waals surface area contributed by atoms with E-state index < -0.39 is 5.97 Å². The predicted molar refractivity (Wildman–Crippen MR) is 62.3 cm³/mol. The maximum atomic E-state index is 11.7. The van der Waals surface area contributed by atoms with Crippen molar-refractivity contribution in [2.24, 2.45) is 5.92 Å². The van der Waals surface area contributed by atoms with E-state index in [1.54, 1.807) is 0 Å². The summed E-state index contributed by atoms with van der Waals surface area (Å²) >= 11 is 0. The molecule has 1 aromatic heterocycles. The van der Waals surface area contributed by atoms with Crippen LogP contribution in [0, 0.1) is 5.92 Å². The molecule has 1 amide bonds. The number of rotatable bonds is 4. The molecule has 2 N–H and O–H groups in total. The summed E-state index contributed by atoms with van der Waals surface area (Å²) in [7, 11) is 1.18. The Morgan fingerprint density at radius 2 is 2.22 bits per heavy atom. The van der Waals surface area contributed by atoms with E-state index in [-0.39, 0.29) is 23.0 Å². The van der Waals surface area contributed by atoms with Crippen LogP contribution in [0.25, 0.3) is 0 Å². The van der Waals surface area contributed by atoms with Crippen molar-refractivity contribution in [3.8, 4) is 5.75 Å². The minimum atomic E-state index is -0.774.